The fourth-order valence-electron chi connectivity index (χ4n) is 0.681. The molecule has 0 atom stereocenters. The van der Waals surface area contributed by atoms with Gasteiger partial charge in [-0.1, -0.05) is 0 Å². The molecular weight excluding hydrogens is 174 g/mol. The molecule has 0 unspecified atom stereocenters. The van der Waals surface area contributed by atoms with E-state index in [4.69, 9.17) is 9.84 Å². The highest BCUT2D eigenvalue weighted by Gasteiger charge is 2.21. The second-order valence-corrected chi connectivity index (χ2v) is 3.51. The average Bonchev–Trinajstić information content (AvgIpc) is 2.31. The molecular formula is C8H11NO4. The van der Waals surface area contributed by atoms with Gasteiger partial charge in [0.05, 0.1) is 0 Å². The summed E-state index contributed by atoms with van der Waals surface area (Å²) in [6, 6.07) is 0. The van der Waals surface area contributed by atoms with Crippen molar-refractivity contribution in [2.45, 2.75) is 26.4 Å². The molecule has 0 radical (unpaired) electrons. The number of nitrogens with zero attached hydrogens (tertiary/aromatic N) is 1. The van der Waals surface area contributed by atoms with Crippen LogP contribution in [0.2, 0.25) is 0 Å². The minimum Gasteiger partial charge on any atom is -0.491 e. The highest BCUT2D eigenvalue weighted by molar-refractivity contribution is 5.84. The quantitative estimate of drug-likeness (QED) is 0.668. The maximum Gasteiger partial charge on any atom is 0.395 e. The zero-order chi connectivity index (χ0) is 10.1. The minimum absolute atomic E-state index is 0.243. The lowest BCUT2D eigenvalue weighted by Crippen LogP contribution is -2.24. The Morgan fingerprint density at radius 1 is 1.62 bits per heavy atom. The molecule has 0 spiro atoms. The van der Waals surface area contributed by atoms with Gasteiger partial charge in [0.2, 0.25) is 0 Å². The van der Waals surface area contributed by atoms with E-state index in [1.54, 1.807) is 20.8 Å². The van der Waals surface area contributed by atoms with Crippen molar-refractivity contribution >= 4 is 5.97 Å². The molecule has 13 heavy (non-hydrogen) atoms. The highest BCUT2D eigenvalue weighted by Crippen LogP contribution is 2.13. The molecule has 1 rings (SSSR count). The number of ether oxygens (including phenoxy) is 1. The number of rotatable bonds is 1. The van der Waals surface area contributed by atoms with Crippen molar-refractivity contribution in [1.29, 1.82) is 0 Å². The summed E-state index contributed by atoms with van der Waals surface area (Å²) >= 11 is 0. The molecule has 0 aliphatic rings. The average molecular weight is 185 g/mol. The summed E-state index contributed by atoms with van der Waals surface area (Å²) in [4.78, 5) is 14.6. The van der Waals surface area contributed by atoms with Crippen molar-refractivity contribution in [2.75, 3.05) is 0 Å². The van der Waals surface area contributed by atoms with Gasteiger partial charge < -0.3 is 14.3 Å². The Hall–Kier alpha value is -1.52. The standard InChI is InChI=1S/C8H11NO4/c1-8(2,3)13-7(11)6-9-5(10)4-12-6/h4,10H,1-3H3. The summed E-state index contributed by atoms with van der Waals surface area (Å²) in [5.41, 5.74) is -0.596. The van der Waals surface area contributed by atoms with Crippen molar-refractivity contribution < 1.29 is 19.1 Å². The highest BCUT2D eigenvalue weighted by atomic mass is 16.6. The van der Waals surface area contributed by atoms with Crippen molar-refractivity contribution in [3.8, 4) is 5.88 Å². The van der Waals surface area contributed by atoms with E-state index in [-0.39, 0.29) is 11.8 Å². The largest absolute Gasteiger partial charge is 0.491 e. The summed E-state index contributed by atoms with van der Waals surface area (Å²) in [5.74, 6) is -1.26. The van der Waals surface area contributed by atoms with Crippen LogP contribution in [0.1, 0.15) is 31.5 Å². The van der Waals surface area contributed by atoms with Gasteiger partial charge in [-0.05, 0) is 20.8 Å². The Bertz CT molecular complexity index is 310. The van der Waals surface area contributed by atoms with Crippen LogP contribution in [0.3, 0.4) is 0 Å². The third-order valence-electron chi connectivity index (χ3n) is 1.07. The number of carbonyl (C=O) groups is 1. The van der Waals surface area contributed by atoms with E-state index in [1.807, 2.05) is 0 Å². The molecule has 0 amide bonds. The van der Waals surface area contributed by atoms with E-state index < -0.39 is 11.6 Å². The van der Waals surface area contributed by atoms with Crippen LogP contribution in [0.5, 0.6) is 5.88 Å². The van der Waals surface area contributed by atoms with Crippen LogP contribution in [0.15, 0.2) is 10.7 Å². The van der Waals surface area contributed by atoms with Crippen LogP contribution in [0, 0.1) is 0 Å². The Morgan fingerprint density at radius 3 is 2.62 bits per heavy atom. The number of hydrogen-bond donors (Lipinski definition) is 1. The van der Waals surface area contributed by atoms with E-state index in [9.17, 15) is 4.79 Å². The lowest BCUT2D eigenvalue weighted by molar-refractivity contribution is 0.00271. The summed E-state index contributed by atoms with van der Waals surface area (Å²) in [6.45, 7) is 5.19. The summed E-state index contributed by atoms with van der Waals surface area (Å²) in [5, 5.41) is 8.79. The summed E-state index contributed by atoms with van der Waals surface area (Å²) in [7, 11) is 0. The number of esters is 1. The Kier molecular flexibility index (Phi) is 2.27. The van der Waals surface area contributed by atoms with Crippen molar-refractivity contribution in [3.05, 3.63) is 12.2 Å². The van der Waals surface area contributed by atoms with Crippen LogP contribution in [-0.4, -0.2) is 21.7 Å². The fourth-order valence-corrected chi connectivity index (χ4v) is 0.681. The number of hydrogen-bond acceptors (Lipinski definition) is 5. The minimum atomic E-state index is -0.687. The monoisotopic (exact) mass is 185 g/mol. The van der Waals surface area contributed by atoms with E-state index in [0.717, 1.165) is 6.26 Å². The SMILES string of the molecule is CC(C)(C)OC(=O)c1nc(O)co1. The Labute approximate surface area is 75.3 Å². The second-order valence-electron chi connectivity index (χ2n) is 3.51. The molecule has 5 nitrogen and oxygen atoms in total. The van der Waals surface area contributed by atoms with Gasteiger partial charge in [0.15, 0.2) is 6.26 Å². The van der Waals surface area contributed by atoms with Crippen LogP contribution in [0.4, 0.5) is 0 Å². The van der Waals surface area contributed by atoms with Gasteiger partial charge in [-0.15, -0.1) is 0 Å². The summed E-state index contributed by atoms with van der Waals surface area (Å²) < 4.78 is 9.57. The van der Waals surface area contributed by atoms with Gasteiger partial charge in [0.25, 0.3) is 5.88 Å². The lowest BCUT2D eigenvalue weighted by Gasteiger charge is -2.17. The molecule has 5 heteroatoms. The zero-order valence-electron chi connectivity index (χ0n) is 7.70. The molecule has 0 aliphatic carbocycles. The molecule has 0 fully saturated rings. The van der Waals surface area contributed by atoms with E-state index in [0.29, 0.717) is 0 Å². The first kappa shape index (κ1) is 9.57. The first-order valence-electron chi connectivity index (χ1n) is 3.76. The number of aromatic hydroxyl groups is 1. The maximum atomic E-state index is 11.2. The van der Waals surface area contributed by atoms with Crippen LogP contribution < -0.4 is 0 Å². The van der Waals surface area contributed by atoms with Crippen molar-refractivity contribution in [2.24, 2.45) is 0 Å². The number of aromatic nitrogens is 1. The molecule has 1 aromatic heterocycles. The van der Waals surface area contributed by atoms with E-state index >= 15 is 0 Å². The molecule has 1 heterocycles. The van der Waals surface area contributed by atoms with Crippen LogP contribution in [-0.2, 0) is 4.74 Å². The van der Waals surface area contributed by atoms with Gasteiger partial charge in [0, 0.05) is 0 Å². The molecule has 0 aliphatic heterocycles. The smallest absolute Gasteiger partial charge is 0.395 e. The van der Waals surface area contributed by atoms with E-state index in [1.165, 1.54) is 0 Å². The van der Waals surface area contributed by atoms with Crippen LogP contribution in [0.25, 0.3) is 0 Å². The van der Waals surface area contributed by atoms with Crippen molar-refractivity contribution in [1.82, 2.24) is 4.98 Å². The predicted molar refractivity (Wildman–Crippen MR) is 43.3 cm³/mol. The maximum absolute atomic E-state index is 11.2. The van der Waals surface area contributed by atoms with E-state index in [2.05, 4.69) is 9.40 Å². The van der Waals surface area contributed by atoms with Gasteiger partial charge in [-0.2, -0.15) is 4.98 Å². The molecule has 0 saturated carbocycles. The zero-order valence-corrected chi connectivity index (χ0v) is 7.70. The number of carbonyl (C=O) groups excluding carboxylic acids is 1. The third-order valence-corrected chi connectivity index (χ3v) is 1.07. The molecule has 0 saturated heterocycles. The van der Waals surface area contributed by atoms with Gasteiger partial charge in [-0.25, -0.2) is 4.79 Å². The number of oxazole rings is 1. The topological polar surface area (TPSA) is 72.6 Å². The van der Waals surface area contributed by atoms with Gasteiger partial charge in [-0.3, -0.25) is 0 Å². The Morgan fingerprint density at radius 2 is 2.23 bits per heavy atom. The molecule has 0 bridgehead atoms. The molecule has 1 aromatic rings. The second kappa shape index (κ2) is 3.08. The fraction of sp³-hybridized carbons (Fsp3) is 0.500. The molecule has 72 valence electrons. The first-order chi connectivity index (χ1) is 5.88. The first-order valence-corrected chi connectivity index (χ1v) is 3.76. The summed E-state index contributed by atoms with van der Waals surface area (Å²) in [6.07, 6.45) is 0.971. The third kappa shape index (κ3) is 2.77. The van der Waals surface area contributed by atoms with Gasteiger partial charge in [0.1, 0.15) is 5.60 Å². The molecule has 1 N–H and O–H groups in total. The lowest BCUT2D eigenvalue weighted by atomic mass is 10.2. The van der Waals surface area contributed by atoms with Crippen molar-refractivity contribution in [3.63, 3.8) is 0 Å². The van der Waals surface area contributed by atoms with Gasteiger partial charge >= 0.3 is 11.9 Å². The molecule has 0 aromatic carbocycles. The Balaban J connectivity index is 2.70. The van der Waals surface area contributed by atoms with Crippen LogP contribution >= 0.6 is 0 Å². The normalized spacial score (nSPS) is 11.3. The predicted octanol–water partition coefficient (Wildman–Crippen LogP) is 1.34.